The molecule has 0 bridgehead atoms. The van der Waals surface area contributed by atoms with Crippen LogP contribution in [-0.4, -0.2) is 31.2 Å². The number of aromatic amines is 1. The lowest BCUT2D eigenvalue weighted by molar-refractivity contribution is 0.236. The molecule has 1 aliphatic carbocycles. The molecule has 4 rings (SSSR count). The van der Waals surface area contributed by atoms with Crippen molar-refractivity contribution in [2.24, 2.45) is 7.05 Å². The van der Waals surface area contributed by atoms with Gasteiger partial charge in [0.15, 0.2) is 0 Å². The van der Waals surface area contributed by atoms with E-state index >= 15 is 0 Å². The fraction of sp³-hybridized carbons (Fsp3) is 0.647. The summed E-state index contributed by atoms with van der Waals surface area (Å²) >= 11 is 0. The maximum Gasteiger partial charge on any atom is 0.126 e. The topological polar surface area (TPSA) is 49.7 Å². The maximum absolute atomic E-state index is 5.03. The molecule has 5 heteroatoms. The van der Waals surface area contributed by atoms with Gasteiger partial charge in [0.2, 0.25) is 0 Å². The van der Waals surface area contributed by atoms with E-state index < -0.39 is 0 Å². The number of fused-ring (bicyclic) bond motifs is 1. The molecule has 3 heterocycles. The quantitative estimate of drug-likeness (QED) is 0.948. The highest BCUT2D eigenvalue weighted by Crippen LogP contribution is 2.34. The summed E-state index contributed by atoms with van der Waals surface area (Å²) < 4.78 is 2.39. The van der Waals surface area contributed by atoms with Gasteiger partial charge in [0.1, 0.15) is 5.82 Å². The van der Waals surface area contributed by atoms with Crippen LogP contribution < -0.4 is 0 Å². The van der Waals surface area contributed by atoms with Gasteiger partial charge in [-0.1, -0.05) is 0 Å². The minimum absolute atomic E-state index is 0.463. The molecule has 1 fully saturated rings. The van der Waals surface area contributed by atoms with E-state index in [9.17, 15) is 0 Å². The minimum Gasteiger partial charge on any atom is -0.334 e. The van der Waals surface area contributed by atoms with Crippen LogP contribution in [0, 0.1) is 6.92 Å². The van der Waals surface area contributed by atoms with Crippen molar-refractivity contribution in [2.75, 3.05) is 6.54 Å². The highest BCUT2D eigenvalue weighted by atomic mass is 15.2. The summed E-state index contributed by atoms with van der Waals surface area (Å²) in [7, 11) is 2.21. The molecule has 0 spiro atoms. The average molecular weight is 299 g/mol. The van der Waals surface area contributed by atoms with Gasteiger partial charge in [-0.25, -0.2) is 4.98 Å². The Bertz CT molecular complexity index is 669. The molecule has 1 aliphatic heterocycles. The Balaban J connectivity index is 1.61. The standard InChI is InChI=1S/C17H25N5/c1-12-13(10-18-20-12)11-22-9-5-8-16(22)17-19-14-6-3-4-7-15(14)21(17)2/h10,16H,3-9,11H2,1-2H3,(H,18,20)/t16-/m1/s1. The summed E-state index contributed by atoms with van der Waals surface area (Å²) in [5.74, 6) is 1.28. The highest BCUT2D eigenvalue weighted by Gasteiger charge is 2.31. The second-order valence-electron chi connectivity index (χ2n) is 6.78. The van der Waals surface area contributed by atoms with E-state index in [0.29, 0.717) is 6.04 Å². The largest absolute Gasteiger partial charge is 0.334 e. The number of H-pyrrole nitrogens is 1. The van der Waals surface area contributed by atoms with E-state index in [2.05, 4.69) is 33.6 Å². The van der Waals surface area contributed by atoms with Gasteiger partial charge >= 0.3 is 0 Å². The van der Waals surface area contributed by atoms with Crippen molar-refractivity contribution in [1.29, 1.82) is 0 Å². The number of nitrogens with one attached hydrogen (secondary N) is 1. The molecule has 2 aromatic heterocycles. The third-order valence-corrected chi connectivity index (χ3v) is 5.38. The van der Waals surface area contributed by atoms with Gasteiger partial charge in [0.25, 0.3) is 0 Å². The molecule has 0 aromatic carbocycles. The van der Waals surface area contributed by atoms with Crippen LogP contribution in [0.1, 0.15) is 60.2 Å². The number of nitrogens with zero attached hydrogens (tertiary/aromatic N) is 4. The molecule has 5 nitrogen and oxygen atoms in total. The van der Waals surface area contributed by atoms with Crippen molar-refractivity contribution < 1.29 is 0 Å². The third-order valence-electron chi connectivity index (χ3n) is 5.38. The van der Waals surface area contributed by atoms with E-state index in [0.717, 1.165) is 19.5 Å². The number of hydrogen-bond acceptors (Lipinski definition) is 3. The van der Waals surface area contributed by atoms with Crippen LogP contribution in [0.2, 0.25) is 0 Å². The molecule has 0 unspecified atom stereocenters. The molecule has 22 heavy (non-hydrogen) atoms. The number of aromatic nitrogens is 4. The molecular weight excluding hydrogens is 274 g/mol. The van der Waals surface area contributed by atoms with E-state index in [4.69, 9.17) is 4.98 Å². The molecule has 2 aromatic rings. The van der Waals surface area contributed by atoms with Gasteiger partial charge in [-0.05, 0) is 52.0 Å². The first-order valence-corrected chi connectivity index (χ1v) is 8.51. The fourth-order valence-electron chi connectivity index (χ4n) is 4.07. The van der Waals surface area contributed by atoms with Crippen molar-refractivity contribution in [3.05, 3.63) is 34.7 Å². The van der Waals surface area contributed by atoms with E-state index in [1.54, 1.807) is 0 Å². The highest BCUT2D eigenvalue weighted by molar-refractivity contribution is 5.22. The second-order valence-corrected chi connectivity index (χ2v) is 6.78. The summed E-state index contributed by atoms with van der Waals surface area (Å²) in [6.07, 6.45) is 9.43. The minimum atomic E-state index is 0.463. The SMILES string of the molecule is Cc1[nH]ncc1CN1CCC[C@@H]1c1nc2c(n1C)CCCC2. The number of likely N-dealkylation sites (tertiary alicyclic amines) is 1. The predicted octanol–water partition coefficient (Wildman–Crippen LogP) is 2.67. The molecule has 0 radical (unpaired) electrons. The fourth-order valence-corrected chi connectivity index (χ4v) is 4.07. The first-order chi connectivity index (χ1) is 10.7. The third kappa shape index (κ3) is 2.28. The zero-order valence-corrected chi connectivity index (χ0v) is 13.6. The van der Waals surface area contributed by atoms with Crippen molar-refractivity contribution in [3.63, 3.8) is 0 Å². The number of aryl methyl sites for hydroxylation is 2. The molecule has 1 N–H and O–H groups in total. The van der Waals surface area contributed by atoms with Crippen molar-refractivity contribution in [2.45, 2.75) is 58.0 Å². The van der Waals surface area contributed by atoms with Gasteiger partial charge in [-0.2, -0.15) is 5.10 Å². The summed E-state index contributed by atoms with van der Waals surface area (Å²) in [4.78, 5) is 7.61. The predicted molar refractivity (Wildman–Crippen MR) is 85.6 cm³/mol. The van der Waals surface area contributed by atoms with Gasteiger partial charge in [0.05, 0.1) is 17.9 Å². The summed E-state index contributed by atoms with van der Waals surface area (Å²) in [5, 5.41) is 7.21. The summed E-state index contributed by atoms with van der Waals surface area (Å²) in [5.41, 5.74) is 5.33. The average Bonchev–Trinajstić information content (AvgIpc) is 3.21. The van der Waals surface area contributed by atoms with Crippen LogP contribution >= 0.6 is 0 Å². The molecule has 0 saturated carbocycles. The molecular formula is C17H25N5. The summed E-state index contributed by atoms with van der Waals surface area (Å²) in [6, 6.07) is 0.463. The Morgan fingerprint density at radius 3 is 2.91 bits per heavy atom. The van der Waals surface area contributed by atoms with Crippen LogP contribution in [0.5, 0.6) is 0 Å². The normalized spacial score (nSPS) is 22.2. The van der Waals surface area contributed by atoms with Gasteiger partial charge in [-0.3, -0.25) is 10.00 Å². The molecule has 1 saturated heterocycles. The Hall–Kier alpha value is -1.62. The van der Waals surface area contributed by atoms with Crippen LogP contribution in [0.15, 0.2) is 6.20 Å². The Kier molecular flexibility index (Phi) is 3.53. The molecule has 2 aliphatic rings. The van der Waals surface area contributed by atoms with E-state index in [1.807, 2.05) is 6.20 Å². The van der Waals surface area contributed by atoms with E-state index in [1.165, 1.54) is 60.6 Å². The van der Waals surface area contributed by atoms with Gasteiger partial charge in [0, 0.05) is 30.5 Å². The number of hydrogen-bond donors (Lipinski definition) is 1. The lowest BCUT2D eigenvalue weighted by atomic mass is 10.0. The smallest absolute Gasteiger partial charge is 0.126 e. The molecule has 118 valence electrons. The Labute approximate surface area is 131 Å². The van der Waals surface area contributed by atoms with Crippen LogP contribution in [0.4, 0.5) is 0 Å². The van der Waals surface area contributed by atoms with Crippen molar-refractivity contribution in [1.82, 2.24) is 24.6 Å². The molecule has 0 amide bonds. The van der Waals surface area contributed by atoms with Crippen molar-refractivity contribution in [3.8, 4) is 0 Å². The van der Waals surface area contributed by atoms with Crippen molar-refractivity contribution >= 4 is 0 Å². The Morgan fingerprint density at radius 1 is 1.27 bits per heavy atom. The lowest BCUT2D eigenvalue weighted by Gasteiger charge is -2.24. The lowest BCUT2D eigenvalue weighted by Crippen LogP contribution is -2.25. The van der Waals surface area contributed by atoms with Gasteiger partial charge in [-0.15, -0.1) is 0 Å². The second kappa shape index (κ2) is 5.54. The first-order valence-electron chi connectivity index (χ1n) is 8.51. The molecule has 1 atom stereocenters. The van der Waals surface area contributed by atoms with Crippen LogP contribution in [-0.2, 0) is 26.4 Å². The number of rotatable bonds is 3. The monoisotopic (exact) mass is 299 g/mol. The number of imidazole rings is 1. The van der Waals surface area contributed by atoms with Gasteiger partial charge < -0.3 is 4.57 Å². The van der Waals surface area contributed by atoms with Crippen LogP contribution in [0.3, 0.4) is 0 Å². The zero-order chi connectivity index (χ0) is 15.1. The Morgan fingerprint density at radius 2 is 2.14 bits per heavy atom. The van der Waals surface area contributed by atoms with Crippen LogP contribution in [0.25, 0.3) is 0 Å². The maximum atomic E-state index is 5.03. The first kappa shape index (κ1) is 14.0. The van der Waals surface area contributed by atoms with E-state index in [-0.39, 0.29) is 0 Å². The zero-order valence-electron chi connectivity index (χ0n) is 13.6. The summed E-state index contributed by atoms with van der Waals surface area (Å²) in [6.45, 7) is 4.24.